The van der Waals surface area contributed by atoms with Crippen LogP contribution < -0.4 is 19.5 Å². The van der Waals surface area contributed by atoms with E-state index >= 15 is 0 Å². The van der Waals surface area contributed by atoms with Crippen molar-refractivity contribution in [3.8, 4) is 23.0 Å². The van der Waals surface area contributed by atoms with E-state index in [-0.39, 0.29) is 12.0 Å². The monoisotopic (exact) mass is 629 g/mol. The number of pyridine rings is 1. The number of piperidine rings is 1. The number of benzene rings is 2. The average Bonchev–Trinajstić information content (AvgIpc) is 3.50. The molecule has 0 aliphatic carbocycles. The van der Waals surface area contributed by atoms with Gasteiger partial charge in [0.15, 0.2) is 17.1 Å². The molecule has 3 aromatic heterocycles. The van der Waals surface area contributed by atoms with Crippen LogP contribution in [0.5, 0.6) is 23.0 Å². The van der Waals surface area contributed by atoms with Gasteiger partial charge < -0.3 is 29.5 Å². The van der Waals surface area contributed by atoms with Gasteiger partial charge in [0.25, 0.3) is 0 Å². The molecule has 1 fully saturated rings. The van der Waals surface area contributed by atoms with Crippen LogP contribution in [0.15, 0.2) is 67.9 Å². The van der Waals surface area contributed by atoms with Crippen LogP contribution in [-0.4, -0.2) is 66.8 Å². The number of halogens is 1. The zero-order valence-corrected chi connectivity index (χ0v) is 25.8. The number of likely N-dealkylation sites (tertiary alicyclic amines) is 1. The summed E-state index contributed by atoms with van der Waals surface area (Å²) in [5.74, 6) is 2.33. The van der Waals surface area contributed by atoms with E-state index in [9.17, 15) is 9.90 Å². The lowest BCUT2D eigenvalue weighted by Crippen LogP contribution is -2.41. The highest BCUT2D eigenvalue weighted by Gasteiger charge is 2.26. The number of amides is 1. The molecule has 13 heteroatoms. The van der Waals surface area contributed by atoms with Crippen LogP contribution in [0.1, 0.15) is 32.3 Å². The molecule has 0 atom stereocenters. The third kappa shape index (κ3) is 6.33. The van der Waals surface area contributed by atoms with E-state index in [0.29, 0.717) is 87.6 Å². The van der Waals surface area contributed by atoms with Crippen molar-refractivity contribution in [3.63, 3.8) is 0 Å². The van der Waals surface area contributed by atoms with Crippen LogP contribution in [0.25, 0.3) is 16.6 Å². The van der Waals surface area contributed by atoms with Crippen molar-refractivity contribution in [1.82, 2.24) is 29.5 Å². The molecule has 1 saturated heterocycles. The standard InChI is InChI=1S/C32H32ClN7O5/c1-5-30(41)39-9-6-19(7-10-39)44-28-13-21-24(16-27(28)43-4)34-17-36-31(21)38-25-15-23(33)26(14-22(25)32(2,3)42)45-20-8-11-40-29(12-20)35-18-37-40/h5,8,11-19,42H,1,6-7,9-10H2,2-4H3,(H,34,36,38). The van der Waals surface area contributed by atoms with E-state index in [1.807, 2.05) is 6.07 Å². The molecule has 5 aromatic rings. The number of ether oxygens (including phenoxy) is 3. The smallest absolute Gasteiger partial charge is 0.245 e. The second kappa shape index (κ2) is 12.2. The molecule has 1 amide bonds. The summed E-state index contributed by atoms with van der Waals surface area (Å²) in [4.78, 5) is 26.9. The van der Waals surface area contributed by atoms with Crippen molar-refractivity contribution in [3.05, 3.63) is 78.5 Å². The fourth-order valence-electron chi connectivity index (χ4n) is 5.27. The van der Waals surface area contributed by atoms with Gasteiger partial charge in [-0.05, 0) is 44.2 Å². The molecule has 4 heterocycles. The number of nitrogens with one attached hydrogen (secondary N) is 1. The molecule has 12 nitrogen and oxygen atoms in total. The highest BCUT2D eigenvalue weighted by atomic mass is 35.5. The Balaban J connectivity index is 1.31. The molecular weight excluding hydrogens is 598 g/mol. The van der Waals surface area contributed by atoms with Gasteiger partial charge >= 0.3 is 0 Å². The molecular formula is C32H32ClN7O5. The van der Waals surface area contributed by atoms with Crippen molar-refractivity contribution < 1.29 is 24.1 Å². The topological polar surface area (TPSA) is 136 Å². The van der Waals surface area contributed by atoms with Gasteiger partial charge in [-0.15, -0.1) is 0 Å². The van der Waals surface area contributed by atoms with Crippen LogP contribution >= 0.6 is 11.6 Å². The summed E-state index contributed by atoms with van der Waals surface area (Å²) in [6, 6.07) is 10.5. The fourth-order valence-corrected chi connectivity index (χ4v) is 5.48. The van der Waals surface area contributed by atoms with Gasteiger partial charge in [-0.1, -0.05) is 18.2 Å². The molecule has 0 bridgehead atoms. The first-order valence-corrected chi connectivity index (χ1v) is 14.7. The minimum atomic E-state index is -1.27. The van der Waals surface area contributed by atoms with Gasteiger partial charge in [-0.2, -0.15) is 5.10 Å². The molecule has 1 aliphatic rings. The fraction of sp³-hybridized carbons (Fsp3) is 0.281. The minimum absolute atomic E-state index is 0.0805. The Morgan fingerprint density at radius 2 is 1.89 bits per heavy atom. The number of aliphatic hydroxyl groups is 1. The summed E-state index contributed by atoms with van der Waals surface area (Å²) in [7, 11) is 1.57. The van der Waals surface area contributed by atoms with Crippen LogP contribution in [0.3, 0.4) is 0 Å². The molecule has 0 radical (unpaired) electrons. The van der Waals surface area contributed by atoms with Crippen molar-refractivity contribution in [2.75, 3.05) is 25.5 Å². The van der Waals surface area contributed by atoms with E-state index in [2.05, 4.69) is 31.9 Å². The molecule has 2 aromatic carbocycles. The first kappa shape index (κ1) is 30.1. The van der Waals surface area contributed by atoms with E-state index in [4.69, 9.17) is 25.8 Å². The van der Waals surface area contributed by atoms with Crippen LogP contribution in [-0.2, 0) is 10.4 Å². The number of hydrogen-bond acceptors (Lipinski definition) is 10. The normalized spacial score (nSPS) is 14.0. The molecule has 0 spiro atoms. The number of methoxy groups -OCH3 is 1. The summed E-state index contributed by atoms with van der Waals surface area (Å²) in [6.45, 7) is 8.09. The van der Waals surface area contributed by atoms with Gasteiger partial charge in [-0.25, -0.2) is 19.5 Å². The van der Waals surface area contributed by atoms with Gasteiger partial charge in [0, 0.05) is 60.9 Å². The van der Waals surface area contributed by atoms with Crippen molar-refractivity contribution in [1.29, 1.82) is 0 Å². The molecule has 0 unspecified atom stereocenters. The summed E-state index contributed by atoms with van der Waals surface area (Å²) >= 11 is 6.72. The van der Waals surface area contributed by atoms with E-state index in [1.165, 1.54) is 18.7 Å². The zero-order chi connectivity index (χ0) is 31.7. The van der Waals surface area contributed by atoms with Gasteiger partial charge in [0.2, 0.25) is 5.91 Å². The number of carbonyl (C=O) groups excluding carboxylic acids is 1. The Kier molecular flexibility index (Phi) is 8.17. The maximum Gasteiger partial charge on any atom is 0.245 e. The molecule has 0 saturated carbocycles. The number of aromatic nitrogens is 5. The number of fused-ring (bicyclic) bond motifs is 2. The SMILES string of the molecule is C=CC(=O)N1CCC(Oc2cc3c(Nc4cc(Cl)c(Oc5ccn6ncnc6c5)cc4C(C)(C)O)ncnc3cc2OC)CC1. The second-order valence-electron chi connectivity index (χ2n) is 11.1. The molecule has 45 heavy (non-hydrogen) atoms. The molecule has 1 aliphatic heterocycles. The van der Waals surface area contributed by atoms with Crippen molar-refractivity contribution in [2.24, 2.45) is 0 Å². The Morgan fingerprint density at radius 3 is 2.62 bits per heavy atom. The first-order valence-electron chi connectivity index (χ1n) is 14.3. The lowest BCUT2D eigenvalue weighted by Gasteiger charge is -2.31. The predicted octanol–water partition coefficient (Wildman–Crippen LogP) is 5.65. The lowest BCUT2D eigenvalue weighted by molar-refractivity contribution is -0.127. The minimum Gasteiger partial charge on any atom is -0.493 e. The van der Waals surface area contributed by atoms with E-state index < -0.39 is 5.60 Å². The Labute approximate surface area is 264 Å². The van der Waals surface area contributed by atoms with E-state index in [0.717, 1.165) is 0 Å². The average molecular weight is 630 g/mol. The number of anilines is 2. The number of carbonyl (C=O) groups is 1. The van der Waals surface area contributed by atoms with Crippen LogP contribution in [0.2, 0.25) is 5.02 Å². The summed E-state index contributed by atoms with van der Waals surface area (Å²) in [5, 5.41) is 19.6. The van der Waals surface area contributed by atoms with Crippen molar-refractivity contribution >= 4 is 45.6 Å². The Hall–Kier alpha value is -4.94. The maximum absolute atomic E-state index is 12.0. The molecule has 2 N–H and O–H groups in total. The quantitative estimate of drug-likeness (QED) is 0.197. The Morgan fingerprint density at radius 1 is 1.09 bits per heavy atom. The summed E-state index contributed by atoms with van der Waals surface area (Å²) < 4.78 is 19.7. The number of nitrogens with zero attached hydrogens (tertiary/aromatic N) is 6. The van der Waals surface area contributed by atoms with Crippen molar-refractivity contribution in [2.45, 2.75) is 38.4 Å². The third-order valence-electron chi connectivity index (χ3n) is 7.61. The molecule has 6 rings (SSSR count). The first-order chi connectivity index (χ1) is 21.6. The largest absolute Gasteiger partial charge is 0.493 e. The zero-order valence-electron chi connectivity index (χ0n) is 25.0. The summed E-state index contributed by atoms with van der Waals surface area (Å²) in [6.07, 6.45) is 7.21. The number of rotatable bonds is 9. The van der Waals surface area contributed by atoms with Gasteiger partial charge in [0.05, 0.1) is 23.3 Å². The number of hydrogen-bond donors (Lipinski definition) is 2. The lowest BCUT2D eigenvalue weighted by atomic mass is 9.96. The predicted molar refractivity (Wildman–Crippen MR) is 170 cm³/mol. The van der Waals surface area contributed by atoms with Gasteiger partial charge in [-0.3, -0.25) is 4.79 Å². The highest BCUT2D eigenvalue weighted by molar-refractivity contribution is 6.32. The Bertz CT molecular complexity index is 1900. The van der Waals surface area contributed by atoms with Crippen LogP contribution in [0.4, 0.5) is 11.5 Å². The third-order valence-corrected chi connectivity index (χ3v) is 7.90. The van der Waals surface area contributed by atoms with Gasteiger partial charge in [0.1, 0.15) is 36.1 Å². The highest BCUT2D eigenvalue weighted by Crippen LogP contribution is 2.41. The van der Waals surface area contributed by atoms with Crippen LogP contribution in [0, 0.1) is 0 Å². The summed E-state index contributed by atoms with van der Waals surface area (Å²) in [5.41, 5.74) is 1.04. The molecule has 232 valence electrons. The maximum atomic E-state index is 12.0. The van der Waals surface area contributed by atoms with E-state index in [1.54, 1.807) is 66.9 Å². The second-order valence-corrected chi connectivity index (χ2v) is 11.5.